The van der Waals surface area contributed by atoms with Crippen LogP contribution >= 0.6 is 34.8 Å². The van der Waals surface area contributed by atoms with Gasteiger partial charge in [0.05, 0.1) is 22.8 Å². The zero-order valence-corrected chi connectivity index (χ0v) is 18.9. The van der Waals surface area contributed by atoms with Crippen molar-refractivity contribution in [3.63, 3.8) is 0 Å². The zero-order chi connectivity index (χ0) is 21.6. The molecule has 0 radical (unpaired) electrons. The molecule has 1 aliphatic heterocycles. The van der Waals surface area contributed by atoms with Gasteiger partial charge in [-0.1, -0.05) is 46.9 Å². The fourth-order valence-electron chi connectivity index (χ4n) is 4.31. The lowest BCUT2D eigenvalue weighted by Gasteiger charge is -2.39. The van der Waals surface area contributed by atoms with E-state index in [0.717, 1.165) is 5.56 Å². The second-order valence-corrected chi connectivity index (χ2v) is 8.73. The van der Waals surface area contributed by atoms with E-state index in [1.54, 1.807) is 23.1 Å². The molecule has 1 aliphatic carbocycles. The van der Waals surface area contributed by atoms with E-state index in [0.29, 0.717) is 62.6 Å². The Morgan fingerprint density at radius 1 is 1.07 bits per heavy atom. The van der Waals surface area contributed by atoms with Crippen LogP contribution in [-0.4, -0.2) is 18.8 Å². The molecule has 1 amide bonds. The topological polar surface area (TPSA) is 46.6 Å². The molecule has 30 heavy (non-hydrogen) atoms. The number of rotatable bonds is 3. The second-order valence-electron chi connectivity index (χ2n) is 7.54. The summed E-state index contributed by atoms with van der Waals surface area (Å²) in [5.41, 5.74) is 3.48. The number of amides is 1. The summed E-state index contributed by atoms with van der Waals surface area (Å²) >= 11 is 18.9. The van der Waals surface area contributed by atoms with E-state index in [2.05, 4.69) is 0 Å². The van der Waals surface area contributed by atoms with Gasteiger partial charge in [0.2, 0.25) is 5.91 Å². The Labute approximate surface area is 190 Å². The van der Waals surface area contributed by atoms with Gasteiger partial charge in [0, 0.05) is 41.1 Å². The summed E-state index contributed by atoms with van der Waals surface area (Å²) in [6.45, 7) is 1.87. The van der Waals surface area contributed by atoms with E-state index in [4.69, 9.17) is 39.5 Å². The molecular formula is C23H20Cl3NO3. The van der Waals surface area contributed by atoms with Gasteiger partial charge in [0.1, 0.15) is 5.75 Å². The Morgan fingerprint density at radius 2 is 1.83 bits per heavy atom. The Balaban J connectivity index is 1.93. The molecule has 0 spiro atoms. The van der Waals surface area contributed by atoms with Crippen LogP contribution in [0, 0.1) is 6.92 Å². The molecule has 2 aliphatic rings. The highest BCUT2D eigenvalue weighted by Crippen LogP contribution is 2.48. The maximum atomic E-state index is 13.4. The van der Waals surface area contributed by atoms with Gasteiger partial charge < -0.3 is 4.74 Å². The standard InChI is InChI=1S/C23H20Cl3NO3/c1-12-9-18(20(30-2)11-16(12)25)27-17-7-4-8-19(28)22(17)14(10-21(27)29)13-5-3-6-15(24)23(13)26/h3,5-6,9,11,14H,4,7-8,10H2,1-2H3. The molecule has 1 unspecified atom stereocenters. The molecule has 4 nitrogen and oxygen atoms in total. The van der Waals surface area contributed by atoms with Crippen molar-refractivity contribution >= 4 is 52.2 Å². The van der Waals surface area contributed by atoms with Crippen molar-refractivity contribution in [2.75, 3.05) is 12.0 Å². The third-order valence-electron chi connectivity index (χ3n) is 5.73. The fraction of sp³-hybridized carbons (Fsp3) is 0.304. The van der Waals surface area contributed by atoms with E-state index >= 15 is 0 Å². The molecule has 1 heterocycles. The van der Waals surface area contributed by atoms with Crippen LogP contribution in [0.15, 0.2) is 41.6 Å². The van der Waals surface area contributed by atoms with E-state index in [1.165, 1.54) is 7.11 Å². The van der Waals surface area contributed by atoms with Crippen molar-refractivity contribution in [1.82, 2.24) is 0 Å². The van der Waals surface area contributed by atoms with Crippen LogP contribution in [-0.2, 0) is 9.59 Å². The number of halogens is 3. The number of aryl methyl sites for hydroxylation is 1. The number of hydrogen-bond acceptors (Lipinski definition) is 3. The molecule has 0 N–H and O–H groups in total. The first-order valence-electron chi connectivity index (χ1n) is 9.70. The van der Waals surface area contributed by atoms with Gasteiger partial charge in [-0.25, -0.2) is 0 Å². The fourth-order valence-corrected chi connectivity index (χ4v) is 4.91. The van der Waals surface area contributed by atoms with Gasteiger partial charge in [-0.05, 0) is 43.0 Å². The molecule has 2 aromatic rings. The Bertz CT molecular complexity index is 1090. The van der Waals surface area contributed by atoms with E-state index in [1.807, 2.05) is 19.1 Å². The number of nitrogens with zero attached hydrogens (tertiary/aromatic N) is 1. The maximum absolute atomic E-state index is 13.4. The first-order valence-corrected chi connectivity index (χ1v) is 10.8. The van der Waals surface area contributed by atoms with Crippen LogP contribution in [0.1, 0.15) is 42.7 Å². The van der Waals surface area contributed by atoms with E-state index < -0.39 is 5.92 Å². The van der Waals surface area contributed by atoms with Crippen LogP contribution in [0.2, 0.25) is 15.1 Å². The van der Waals surface area contributed by atoms with Gasteiger partial charge in [-0.3, -0.25) is 14.5 Å². The Hall–Kier alpha value is -2.01. The molecule has 1 atom stereocenters. The third kappa shape index (κ3) is 3.51. The normalized spacial score (nSPS) is 19.2. The number of carbonyl (C=O) groups is 2. The summed E-state index contributed by atoms with van der Waals surface area (Å²) in [6.07, 6.45) is 1.88. The lowest BCUT2D eigenvalue weighted by atomic mass is 9.77. The lowest BCUT2D eigenvalue weighted by Crippen LogP contribution is -2.40. The molecule has 0 saturated carbocycles. The van der Waals surface area contributed by atoms with Gasteiger partial charge in [-0.15, -0.1) is 0 Å². The highest BCUT2D eigenvalue weighted by molar-refractivity contribution is 6.42. The minimum atomic E-state index is -0.415. The van der Waals surface area contributed by atoms with Crippen molar-refractivity contribution in [1.29, 1.82) is 0 Å². The number of hydrogen-bond donors (Lipinski definition) is 0. The number of anilines is 1. The average Bonchev–Trinajstić information content (AvgIpc) is 2.71. The number of ether oxygens (including phenoxy) is 1. The molecular weight excluding hydrogens is 445 g/mol. The minimum Gasteiger partial charge on any atom is -0.495 e. The Morgan fingerprint density at radius 3 is 2.57 bits per heavy atom. The van der Waals surface area contributed by atoms with Crippen molar-refractivity contribution in [3.05, 3.63) is 67.8 Å². The molecule has 0 fully saturated rings. The van der Waals surface area contributed by atoms with Crippen LogP contribution < -0.4 is 9.64 Å². The SMILES string of the molecule is COc1cc(Cl)c(C)cc1N1C(=O)CC(c2cccc(Cl)c2Cl)C2=C1CCCC2=O. The van der Waals surface area contributed by atoms with Crippen LogP contribution in [0.25, 0.3) is 0 Å². The maximum Gasteiger partial charge on any atom is 0.232 e. The number of benzene rings is 2. The summed E-state index contributed by atoms with van der Waals surface area (Å²) in [4.78, 5) is 28.1. The molecule has 2 aromatic carbocycles. The highest BCUT2D eigenvalue weighted by atomic mass is 35.5. The molecule has 0 bridgehead atoms. The number of allylic oxidation sites excluding steroid dienone is 2. The summed E-state index contributed by atoms with van der Waals surface area (Å²) < 4.78 is 5.51. The summed E-state index contributed by atoms with van der Waals surface area (Å²) in [7, 11) is 1.54. The smallest absolute Gasteiger partial charge is 0.232 e. The predicted octanol–water partition coefficient (Wildman–Crippen LogP) is 6.49. The van der Waals surface area contributed by atoms with Crippen molar-refractivity contribution in [2.24, 2.45) is 0 Å². The molecule has 7 heteroatoms. The zero-order valence-electron chi connectivity index (χ0n) is 16.6. The van der Waals surface area contributed by atoms with Gasteiger partial charge in [-0.2, -0.15) is 0 Å². The van der Waals surface area contributed by atoms with Gasteiger partial charge in [0.15, 0.2) is 5.78 Å². The van der Waals surface area contributed by atoms with Gasteiger partial charge in [0.25, 0.3) is 0 Å². The second kappa shape index (κ2) is 8.26. The summed E-state index contributed by atoms with van der Waals surface area (Å²) in [5.74, 6) is -0.00541. The quantitative estimate of drug-likeness (QED) is 0.521. The number of carbonyl (C=O) groups excluding carboxylic acids is 2. The van der Waals surface area contributed by atoms with E-state index in [9.17, 15) is 9.59 Å². The highest BCUT2D eigenvalue weighted by Gasteiger charge is 2.41. The van der Waals surface area contributed by atoms with E-state index in [-0.39, 0.29) is 18.1 Å². The van der Waals surface area contributed by atoms with Crippen LogP contribution in [0.5, 0.6) is 5.75 Å². The first-order chi connectivity index (χ1) is 14.3. The number of ketones is 1. The predicted molar refractivity (Wildman–Crippen MR) is 120 cm³/mol. The number of Topliss-reactive ketones (excluding diaryl/α,β-unsaturated/α-hetero) is 1. The van der Waals surface area contributed by atoms with Gasteiger partial charge >= 0.3 is 0 Å². The molecule has 0 aromatic heterocycles. The lowest BCUT2D eigenvalue weighted by molar-refractivity contribution is -0.119. The Kier molecular flexibility index (Phi) is 5.84. The molecule has 156 valence electrons. The van der Waals surface area contributed by atoms with Crippen molar-refractivity contribution < 1.29 is 14.3 Å². The van der Waals surface area contributed by atoms with Crippen molar-refractivity contribution in [2.45, 2.75) is 38.5 Å². The largest absolute Gasteiger partial charge is 0.495 e. The number of methoxy groups -OCH3 is 1. The molecule has 4 rings (SSSR count). The summed E-state index contributed by atoms with van der Waals surface area (Å²) in [6, 6.07) is 8.85. The molecule has 0 saturated heterocycles. The first kappa shape index (κ1) is 21.2. The van der Waals surface area contributed by atoms with Crippen LogP contribution in [0.3, 0.4) is 0 Å². The minimum absolute atomic E-state index is 0.0412. The summed E-state index contributed by atoms with van der Waals surface area (Å²) in [5, 5.41) is 1.34. The monoisotopic (exact) mass is 463 g/mol. The van der Waals surface area contributed by atoms with Crippen LogP contribution in [0.4, 0.5) is 5.69 Å². The average molecular weight is 465 g/mol. The van der Waals surface area contributed by atoms with Crippen molar-refractivity contribution in [3.8, 4) is 5.75 Å². The third-order valence-corrected chi connectivity index (χ3v) is 6.97.